The maximum absolute atomic E-state index is 12.9. The summed E-state index contributed by atoms with van der Waals surface area (Å²) in [5.74, 6) is -0.408. The van der Waals surface area contributed by atoms with E-state index in [1.807, 2.05) is 91.0 Å². The van der Waals surface area contributed by atoms with Crippen LogP contribution in [0.4, 0.5) is 0 Å². The van der Waals surface area contributed by atoms with Gasteiger partial charge in [0.15, 0.2) is 11.8 Å². The van der Waals surface area contributed by atoms with Crippen molar-refractivity contribution in [3.05, 3.63) is 143 Å². The van der Waals surface area contributed by atoms with Gasteiger partial charge in [0.05, 0.1) is 12.3 Å². The van der Waals surface area contributed by atoms with Gasteiger partial charge >= 0.3 is 5.97 Å². The normalized spacial score (nSPS) is 11.3. The van der Waals surface area contributed by atoms with Crippen LogP contribution in [0.5, 0.6) is 0 Å². The molecule has 4 rings (SSSR count). The van der Waals surface area contributed by atoms with Gasteiger partial charge in [-0.3, -0.25) is 9.79 Å². The van der Waals surface area contributed by atoms with E-state index in [-0.39, 0.29) is 18.4 Å². The van der Waals surface area contributed by atoms with Gasteiger partial charge in [0.2, 0.25) is 0 Å². The minimum Gasteiger partial charge on any atom is -0.464 e. The third-order valence-corrected chi connectivity index (χ3v) is 5.62. The van der Waals surface area contributed by atoms with Crippen molar-refractivity contribution in [2.75, 3.05) is 6.61 Å². The Morgan fingerprint density at radius 3 is 1.60 bits per heavy atom. The molecule has 0 saturated carbocycles. The number of hydrogen-bond donors (Lipinski definition) is 0. The zero-order valence-corrected chi connectivity index (χ0v) is 19.6. The maximum atomic E-state index is 12.9. The Kier molecular flexibility index (Phi) is 7.97. The lowest BCUT2D eigenvalue weighted by atomic mass is 9.98. The molecule has 0 unspecified atom stereocenters. The third kappa shape index (κ3) is 6.18. The van der Waals surface area contributed by atoms with E-state index < -0.39 is 6.04 Å². The molecule has 0 aliphatic rings. The predicted molar refractivity (Wildman–Crippen MR) is 139 cm³/mol. The van der Waals surface area contributed by atoms with Crippen molar-refractivity contribution in [3.63, 3.8) is 0 Å². The first-order valence-electron chi connectivity index (χ1n) is 11.7. The standard InChI is InChI=1S/C31H27NO3/c1-2-35-31(34)28(32-29(24-12-6-3-7-13-24)25-14-8-4-9-15-25)22-23-18-20-27(21-19-23)30(33)26-16-10-5-11-17-26/h3-21,28H,2,22H2,1H3/t28-/m1/s1. The zero-order valence-electron chi connectivity index (χ0n) is 19.6. The summed E-state index contributed by atoms with van der Waals surface area (Å²) in [6.07, 6.45) is 0.363. The molecule has 0 spiro atoms. The average Bonchev–Trinajstić information content (AvgIpc) is 2.92. The SMILES string of the molecule is CCOC(=O)[C@@H](Cc1ccc(C(=O)c2ccccc2)cc1)N=C(c1ccccc1)c1ccccc1. The van der Waals surface area contributed by atoms with Crippen molar-refractivity contribution in [1.29, 1.82) is 0 Å². The number of hydrogen-bond acceptors (Lipinski definition) is 4. The fraction of sp³-hybridized carbons (Fsp3) is 0.129. The van der Waals surface area contributed by atoms with E-state index in [1.165, 1.54) is 0 Å². The van der Waals surface area contributed by atoms with Crippen molar-refractivity contribution < 1.29 is 14.3 Å². The maximum Gasteiger partial charge on any atom is 0.331 e. The quantitative estimate of drug-likeness (QED) is 0.176. The van der Waals surface area contributed by atoms with Crippen LogP contribution >= 0.6 is 0 Å². The van der Waals surface area contributed by atoms with Gasteiger partial charge in [0.1, 0.15) is 0 Å². The average molecular weight is 462 g/mol. The van der Waals surface area contributed by atoms with E-state index >= 15 is 0 Å². The zero-order chi connectivity index (χ0) is 24.5. The second-order valence-corrected chi connectivity index (χ2v) is 8.07. The number of benzene rings is 4. The molecular formula is C31H27NO3. The summed E-state index contributed by atoms with van der Waals surface area (Å²) < 4.78 is 5.37. The summed E-state index contributed by atoms with van der Waals surface area (Å²) in [5, 5.41) is 0. The van der Waals surface area contributed by atoms with Gasteiger partial charge in [-0.1, -0.05) is 115 Å². The van der Waals surface area contributed by atoms with E-state index in [2.05, 4.69) is 0 Å². The predicted octanol–water partition coefficient (Wildman–Crippen LogP) is 5.93. The van der Waals surface area contributed by atoms with Crippen LogP contribution in [0, 0.1) is 0 Å². The molecule has 4 aromatic carbocycles. The first-order valence-corrected chi connectivity index (χ1v) is 11.7. The van der Waals surface area contributed by atoms with Crippen LogP contribution in [-0.4, -0.2) is 30.1 Å². The minimum atomic E-state index is -0.721. The van der Waals surface area contributed by atoms with Gasteiger partial charge in [-0.25, -0.2) is 4.79 Å². The van der Waals surface area contributed by atoms with E-state index in [4.69, 9.17) is 9.73 Å². The number of carbonyl (C=O) groups is 2. The molecular weight excluding hydrogens is 434 g/mol. The summed E-state index contributed by atoms with van der Waals surface area (Å²) in [4.78, 5) is 30.6. The Morgan fingerprint density at radius 2 is 1.11 bits per heavy atom. The van der Waals surface area contributed by atoms with Gasteiger partial charge in [-0.2, -0.15) is 0 Å². The fourth-order valence-electron chi connectivity index (χ4n) is 3.86. The summed E-state index contributed by atoms with van der Waals surface area (Å²) in [5.41, 5.74) is 4.74. The van der Waals surface area contributed by atoms with Crippen LogP contribution in [0.3, 0.4) is 0 Å². The number of rotatable bonds is 9. The molecule has 4 nitrogen and oxygen atoms in total. The van der Waals surface area contributed by atoms with Crippen LogP contribution in [-0.2, 0) is 16.0 Å². The van der Waals surface area contributed by atoms with Gasteiger partial charge in [0, 0.05) is 28.7 Å². The third-order valence-electron chi connectivity index (χ3n) is 5.62. The summed E-state index contributed by atoms with van der Waals surface area (Å²) in [6, 6.07) is 35.5. The number of carbonyl (C=O) groups excluding carboxylic acids is 2. The van der Waals surface area contributed by atoms with Crippen molar-refractivity contribution >= 4 is 17.5 Å². The van der Waals surface area contributed by atoms with Crippen LogP contribution in [0.15, 0.2) is 120 Å². The number of nitrogens with zero attached hydrogens (tertiary/aromatic N) is 1. The Bertz CT molecular complexity index is 1240. The minimum absolute atomic E-state index is 0.0347. The summed E-state index contributed by atoms with van der Waals surface area (Å²) >= 11 is 0. The van der Waals surface area contributed by atoms with Crippen molar-refractivity contribution in [2.45, 2.75) is 19.4 Å². The van der Waals surface area contributed by atoms with Crippen molar-refractivity contribution in [2.24, 2.45) is 4.99 Å². The topological polar surface area (TPSA) is 55.7 Å². The van der Waals surface area contributed by atoms with Crippen LogP contribution in [0.1, 0.15) is 39.5 Å². The first-order chi connectivity index (χ1) is 17.2. The highest BCUT2D eigenvalue weighted by atomic mass is 16.5. The van der Waals surface area contributed by atoms with E-state index in [0.29, 0.717) is 17.5 Å². The number of esters is 1. The summed E-state index contributed by atoms with van der Waals surface area (Å²) in [7, 11) is 0. The second kappa shape index (κ2) is 11.7. The number of ketones is 1. The molecule has 1 atom stereocenters. The molecule has 4 aromatic rings. The molecule has 174 valence electrons. The molecule has 4 heteroatoms. The van der Waals surface area contributed by atoms with Gasteiger partial charge in [-0.15, -0.1) is 0 Å². The van der Waals surface area contributed by atoms with E-state index in [9.17, 15) is 9.59 Å². The largest absolute Gasteiger partial charge is 0.464 e. The molecule has 0 aliphatic carbocycles. The lowest BCUT2D eigenvalue weighted by molar-refractivity contribution is -0.144. The lowest BCUT2D eigenvalue weighted by Crippen LogP contribution is -2.26. The highest BCUT2D eigenvalue weighted by molar-refractivity contribution is 6.13. The van der Waals surface area contributed by atoms with Gasteiger partial charge < -0.3 is 4.74 Å². The Morgan fingerprint density at radius 1 is 0.657 bits per heavy atom. The van der Waals surface area contributed by atoms with Gasteiger partial charge in [-0.05, 0) is 12.5 Å². The lowest BCUT2D eigenvalue weighted by Gasteiger charge is -2.15. The van der Waals surface area contributed by atoms with Gasteiger partial charge in [0.25, 0.3) is 0 Å². The Hall–Kier alpha value is -4.31. The Labute approximate surface area is 205 Å². The molecule has 0 bridgehead atoms. The van der Waals surface area contributed by atoms with Crippen LogP contribution < -0.4 is 0 Å². The molecule has 0 amide bonds. The van der Waals surface area contributed by atoms with E-state index in [1.54, 1.807) is 31.2 Å². The summed E-state index contributed by atoms with van der Waals surface area (Å²) in [6.45, 7) is 2.07. The van der Waals surface area contributed by atoms with Crippen LogP contribution in [0.2, 0.25) is 0 Å². The molecule has 0 saturated heterocycles. The molecule has 0 fully saturated rings. The smallest absolute Gasteiger partial charge is 0.331 e. The molecule has 35 heavy (non-hydrogen) atoms. The molecule has 0 radical (unpaired) electrons. The first kappa shape index (κ1) is 23.8. The molecule has 0 N–H and O–H groups in total. The fourth-order valence-corrected chi connectivity index (χ4v) is 3.86. The molecule has 0 aliphatic heterocycles. The van der Waals surface area contributed by atoms with Crippen LogP contribution in [0.25, 0.3) is 0 Å². The molecule has 0 aromatic heterocycles. The Balaban J connectivity index is 1.65. The van der Waals surface area contributed by atoms with Crippen molar-refractivity contribution in [3.8, 4) is 0 Å². The van der Waals surface area contributed by atoms with Crippen molar-refractivity contribution in [1.82, 2.24) is 0 Å². The highest BCUT2D eigenvalue weighted by Crippen LogP contribution is 2.17. The molecule has 0 heterocycles. The number of ether oxygens (including phenoxy) is 1. The van der Waals surface area contributed by atoms with E-state index in [0.717, 1.165) is 22.4 Å². The number of aliphatic imine (C=N–C) groups is 1. The second-order valence-electron chi connectivity index (χ2n) is 8.07. The monoisotopic (exact) mass is 461 g/mol. The highest BCUT2D eigenvalue weighted by Gasteiger charge is 2.22.